The van der Waals surface area contributed by atoms with Gasteiger partial charge in [-0.15, -0.1) is 0 Å². The van der Waals surface area contributed by atoms with Crippen LogP contribution in [0.3, 0.4) is 0 Å². The lowest BCUT2D eigenvalue weighted by atomic mass is 10.2. The molecule has 0 saturated carbocycles. The molecular weight excluding hydrogens is 314 g/mol. The lowest BCUT2D eigenvalue weighted by molar-refractivity contribution is -0.382. The Balaban J connectivity index is 1.65. The van der Waals surface area contributed by atoms with Crippen LogP contribution in [0.4, 0.5) is 5.69 Å². The lowest BCUT2D eigenvalue weighted by Crippen LogP contribution is -2.37. The number of amides is 1. The van der Waals surface area contributed by atoms with E-state index in [1.54, 1.807) is 6.20 Å². The number of carbonyl (C=O) groups excluding carboxylic acids is 1. The summed E-state index contributed by atoms with van der Waals surface area (Å²) in [6, 6.07) is 11.3. The number of pyridine rings is 1. The number of H-pyrrole nitrogens is 1. The zero-order chi connectivity index (χ0) is 16.1. The Morgan fingerprint density at radius 2 is 2.09 bits per heavy atom. The van der Waals surface area contributed by atoms with Crippen molar-refractivity contribution in [2.45, 2.75) is 6.54 Å². The largest absolute Gasteiger partial charge is 0.378 e. The van der Waals surface area contributed by atoms with Crippen molar-refractivity contribution >= 4 is 23.2 Å². The molecule has 2 aromatic rings. The Labute approximate surface area is 140 Å². The first-order valence-electron chi connectivity index (χ1n) is 7.59. The highest BCUT2D eigenvalue weighted by atomic mass is 35.5. The number of morpholine rings is 1. The van der Waals surface area contributed by atoms with Crippen LogP contribution in [-0.2, 0) is 11.3 Å². The van der Waals surface area contributed by atoms with E-state index in [1.165, 1.54) is 0 Å². The minimum Gasteiger partial charge on any atom is -0.378 e. The number of anilines is 1. The van der Waals surface area contributed by atoms with Crippen molar-refractivity contribution in [3.8, 4) is 0 Å². The predicted octanol–water partition coefficient (Wildman–Crippen LogP) is 1.92. The fourth-order valence-electron chi connectivity index (χ4n) is 2.53. The van der Waals surface area contributed by atoms with E-state index in [-0.39, 0.29) is 5.91 Å². The van der Waals surface area contributed by atoms with Gasteiger partial charge in [-0.2, -0.15) is 0 Å². The van der Waals surface area contributed by atoms with Gasteiger partial charge in [0, 0.05) is 42.5 Å². The monoisotopic (exact) mass is 332 g/mol. The van der Waals surface area contributed by atoms with E-state index in [4.69, 9.17) is 16.3 Å². The molecule has 1 aliphatic rings. The highest BCUT2D eigenvalue weighted by molar-refractivity contribution is 6.30. The van der Waals surface area contributed by atoms with Crippen molar-refractivity contribution in [3.05, 3.63) is 58.9 Å². The zero-order valence-electron chi connectivity index (χ0n) is 12.7. The van der Waals surface area contributed by atoms with Gasteiger partial charge in [0.15, 0.2) is 6.20 Å². The minimum absolute atomic E-state index is 0.139. The third-order valence-corrected chi connectivity index (χ3v) is 3.98. The normalized spacial score (nSPS) is 14.6. The van der Waals surface area contributed by atoms with Crippen molar-refractivity contribution in [1.82, 2.24) is 5.32 Å². The molecule has 1 aromatic carbocycles. The summed E-state index contributed by atoms with van der Waals surface area (Å²) in [5, 5.41) is 3.57. The number of carbonyl (C=O) groups is 1. The first kappa shape index (κ1) is 15.8. The highest BCUT2D eigenvalue weighted by Gasteiger charge is 2.17. The molecule has 1 amide bonds. The number of rotatable bonds is 4. The van der Waals surface area contributed by atoms with Crippen LogP contribution in [-0.4, -0.2) is 32.2 Å². The summed E-state index contributed by atoms with van der Waals surface area (Å²) in [5.41, 5.74) is 2.53. The molecule has 0 aliphatic carbocycles. The number of ether oxygens (including phenoxy) is 1. The van der Waals surface area contributed by atoms with Crippen LogP contribution in [0.25, 0.3) is 0 Å². The Bertz CT molecular complexity index is 687. The number of halogens is 1. The molecule has 2 heterocycles. The van der Waals surface area contributed by atoms with Crippen molar-refractivity contribution in [3.63, 3.8) is 0 Å². The number of aromatic nitrogens is 1. The van der Waals surface area contributed by atoms with Crippen LogP contribution in [0.15, 0.2) is 42.6 Å². The summed E-state index contributed by atoms with van der Waals surface area (Å²) in [6.45, 7) is 3.56. The van der Waals surface area contributed by atoms with Gasteiger partial charge in [-0.05, 0) is 17.7 Å². The average molecular weight is 333 g/mol. The quantitative estimate of drug-likeness (QED) is 0.930. The average Bonchev–Trinajstić information content (AvgIpc) is 2.61. The third-order valence-electron chi connectivity index (χ3n) is 3.75. The molecule has 1 saturated heterocycles. The van der Waals surface area contributed by atoms with Crippen LogP contribution >= 0.6 is 11.6 Å². The molecule has 2 N–H and O–H groups in total. The van der Waals surface area contributed by atoms with E-state index in [9.17, 15) is 4.79 Å². The number of benzene rings is 1. The van der Waals surface area contributed by atoms with Crippen LogP contribution in [0.2, 0.25) is 5.02 Å². The van der Waals surface area contributed by atoms with E-state index < -0.39 is 0 Å². The molecule has 23 heavy (non-hydrogen) atoms. The standard InChI is InChI=1S/C17H18ClN3O2/c18-14-3-1-2-13(10-14)12-20-17(22)16-11-15(4-5-19-16)21-6-8-23-9-7-21/h1-5,10-11H,6-9,12H2,(H,20,22)/p+1. The highest BCUT2D eigenvalue weighted by Crippen LogP contribution is 2.15. The smallest absolute Gasteiger partial charge is 0.316 e. The number of nitrogens with one attached hydrogen (secondary N) is 2. The summed E-state index contributed by atoms with van der Waals surface area (Å²) in [5.74, 6) is -0.139. The maximum absolute atomic E-state index is 12.3. The summed E-state index contributed by atoms with van der Waals surface area (Å²) in [4.78, 5) is 17.5. The first-order chi connectivity index (χ1) is 11.2. The molecule has 0 radical (unpaired) electrons. The lowest BCUT2D eigenvalue weighted by Gasteiger charge is -2.28. The summed E-state index contributed by atoms with van der Waals surface area (Å²) >= 11 is 5.95. The molecule has 0 atom stereocenters. The summed E-state index contributed by atoms with van der Waals surface area (Å²) in [6.07, 6.45) is 1.79. The molecule has 5 nitrogen and oxygen atoms in total. The molecule has 1 fully saturated rings. The number of hydrogen-bond donors (Lipinski definition) is 1. The number of hydrogen-bond acceptors (Lipinski definition) is 3. The fourth-order valence-corrected chi connectivity index (χ4v) is 2.74. The van der Waals surface area contributed by atoms with Gasteiger partial charge in [-0.1, -0.05) is 23.7 Å². The molecule has 0 unspecified atom stereocenters. The topological polar surface area (TPSA) is 55.7 Å². The summed E-state index contributed by atoms with van der Waals surface area (Å²) in [7, 11) is 0. The van der Waals surface area contributed by atoms with E-state index >= 15 is 0 Å². The second kappa shape index (κ2) is 7.44. The molecule has 6 heteroatoms. The molecule has 3 rings (SSSR count). The van der Waals surface area contributed by atoms with Gasteiger partial charge in [-0.25, -0.2) is 4.98 Å². The molecule has 0 spiro atoms. The van der Waals surface area contributed by atoms with Crippen molar-refractivity contribution < 1.29 is 14.5 Å². The maximum Gasteiger partial charge on any atom is 0.316 e. The van der Waals surface area contributed by atoms with Gasteiger partial charge in [0.1, 0.15) is 0 Å². The second-order valence-corrected chi connectivity index (χ2v) is 5.81. The SMILES string of the molecule is O=C(NCc1cccc(Cl)c1)c1cc(N2CCOCC2)cc[nH+]1. The van der Waals surface area contributed by atoms with Crippen molar-refractivity contribution in [2.24, 2.45) is 0 Å². The van der Waals surface area contributed by atoms with Crippen LogP contribution in [0, 0.1) is 0 Å². The van der Waals surface area contributed by atoms with Gasteiger partial charge < -0.3 is 15.0 Å². The zero-order valence-corrected chi connectivity index (χ0v) is 13.5. The van der Waals surface area contributed by atoms with Crippen LogP contribution in [0.5, 0.6) is 0 Å². The fraction of sp³-hybridized carbons (Fsp3) is 0.294. The van der Waals surface area contributed by atoms with Gasteiger partial charge >= 0.3 is 5.91 Å². The number of nitrogens with zero attached hydrogens (tertiary/aromatic N) is 1. The second-order valence-electron chi connectivity index (χ2n) is 5.37. The number of aromatic amines is 1. The van der Waals surface area contributed by atoms with Gasteiger partial charge in [0.2, 0.25) is 0 Å². The Morgan fingerprint density at radius 1 is 1.26 bits per heavy atom. The predicted molar refractivity (Wildman–Crippen MR) is 88.7 cm³/mol. The Hall–Kier alpha value is -2.11. The summed E-state index contributed by atoms with van der Waals surface area (Å²) < 4.78 is 5.36. The van der Waals surface area contributed by atoms with E-state index in [1.807, 2.05) is 36.4 Å². The van der Waals surface area contributed by atoms with Crippen molar-refractivity contribution in [1.29, 1.82) is 0 Å². The van der Waals surface area contributed by atoms with E-state index in [0.29, 0.717) is 17.3 Å². The van der Waals surface area contributed by atoms with Crippen molar-refractivity contribution in [2.75, 3.05) is 31.2 Å². The van der Waals surface area contributed by atoms with Gasteiger partial charge in [0.05, 0.1) is 13.2 Å². The Kier molecular flexibility index (Phi) is 5.10. The first-order valence-corrected chi connectivity index (χ1v) is 7.97. The molecule has 120 valence electrons. The molecular formula is C17H19ClN3O2+. The van der Waals surface area contributed by atoms with Gasteiger partial charge in [-0.3, -0.25) is 4.79 Å². The third kappa shape index (κ3) is 4.21. The van der Waals surface area contributed by atoms with Crippen LogP contribution < -0.4 is 15.2 Å². The Morgan fingerprint density at radius 3 is 2.87 bits per heavy atom. The van der Waals surface area contributed by atoms with Crippen LogP contribution in [0.1, 0.15) is 16.1 Å². The molecule has 1 aromatic heterocycles. The van der Waals surface area contributed by atoms with E-state index in [2.05, 4.69) is 15.2 Å². The maximum atomic E-state index is 12.3. The minimum atomic E-state index is -0.139. The molecule has 0 bridgehead atoms. The van der Waals surface area contributed by atoms with E-state index in [0.717, 1.165) is 37.6 Å². The van der Waals surface area contributed by atoms with Gasteiger partial charge in [0.25, 0.3) is 5.69 Å². The molecule has 1 aliphatic heterocycles.